The van der Waals surface area contributed by atoms with E-state index >= 15 is 0 Å². The summed E-state index contributed by atoms with van der Waals surface area (Å²) in [6.07, 6.45) is 11.4. The number of hydrogen-bond donors (Lipinski definition) is 10. The van der Waals surface area contributed by atoms with E-state index < -0.39 is 0 Å². The first-order valence-corrected chi connectivity index (χ1v) is 39.4. The van der Waals surface area contributed by atoms with Crippen LogP contribution in [0.1, 0.15) is 33.1 Å². The van der Waals surface area contributed by atoms with Gasteiger partial charge in [0.25, 0.3) is 0 Å². The fourth-order valence-corrected chi connectivity index (χ4v) is 15.7. The Morgan fingerprint density at radius 2 is 0.710 bits per heavy atom. The molecule has 6 aliphatic rings. The van der Waals surface area contributed by atoms with Gasteiger partial charge in [0.05, 0.1) is 182 Å². The molecule has 1 aliphatic carbocycles. The number of nitrogens with zero attached hydrogens (tertiary/aromatic N) is 10. The van der Waals surface area contributed by atoms with E-state index in [1.54, 1.807) is 205 Å². The van der Waals surface area contributed by atoms with Crippen molar-refractivity contribution in [1.29, 1.82) is 27.0 Å². The number of ether oxygens (including phenoxy) is 10. The van der Waals surface area contributed by atoms with E-state index in [9.17, 15) is 25.5 Å². The van der Waals surface area contributed by atoms with E-state index in [1.165, 1.54) is 16.9 Å². The Morgan fingerprint density at radius 3 is 1.12 bits per heavy atom. The Balaban J connectivity index is 0.000000126. The summed E-state index contributed by atoms with van der Waals surface area (Å²) in [6.45, 7) is 1.10. The van der Waals surface area contributed by atoms with Crippen molar-refractivity contribution >= 4 is 113 Å². The van der Waals surface area contributed by atoms with Crippen LogP contribution in [0.3, 0.4) is 0 Å². The molecular weight excluding hydrogens is 1600 g/mol. The Kier molecular flexibility index (Phi) is 25.4. The second-order valence-corrected chi connectivity index (χ2v) is 29.2. The molecule has 31 heteroatoms. The first-order valence-electron chi connectivity index (χ1n) is 38.6. The topological polar surface area (TPSA) is 385 Å². The molecule has 0 saturated carbocycles. The summed E-state index contributed by atoms with van der Waals surface area (Å²) >= 11 is 1.47. The molecule has 10 heterocycles. The summed E-state index contributed by atoms with van der Waals surface area (Å²) in [5.74, 6) is 8.12. The molecule has 5 aromatic heterocycles. The number of aliphatic hydroxyl groups is 5. The van der Waals surface area contributed by atoms with Gasteiger partial charge in [-0.2, -0.15) is 0 Å². The van der Waals surface area contributed by atoms with Crippen LogP contribution in [-0.2, 0) is 6.42 Å². The summed E-state index contributed by atoms with van der Waals surface area (Å²) in [5, 5.41) is 95.5. The minimum Gasteiger partial charge on any atom is -0.510 e. The van der Waals surface area contributed by atoms with Crippen LogP contribution >= 0.6 is 11.3 Å². The van der Waals surface area contributed by atoms with Crippen LogP contribution in [0.5, 0.6) is 57.5 Å². The van der Waals surface area contributed by atoms with Gasteiger partial charge in [-0.25, -0.2) is 9.97 Å². The molecule has 0 radical (unpaired) electrons. The van der Waals surface area contributed by atoms with Crippen LogP contribution in [0.2, 0.25) is 0 Å². The van der Waals surface area contributed by atoms with Crippen LogP contribution in [0.15, 0.2) is 259 Å². The van der Waals surface area contributed by atoms with E-state index in [-0.39, 0.29) is 90.7 Å². The second-order valence-electron chi connectivity index (χ2n) is 28.2. The van der Waals surface area contributed by atoms with Gasteiger partial charge >= 0.3 is 0 Å². The maximum atomic E-state index is 10.6. The third-order valence-electron chi connectivity index (χ3n) is 20.9. The number of aromatic nitrogens is 5. The molecule has 0 saturated heterocycles. The first-order chi connectivity index (χ1) is 60.1. The summed E-state index contributed by atoms with van der Waals surface area (Å²) in [6, 6.07) is 57.5. The molecule has 0 unspecified atom stereocenters. The van der Waals surface area contributed by atoms with Crippen LogP contribution < -0.4 is 71.9 Å². The lowest BCUT2D eigenvalue weighted by Crippen LogP contribution is -2.26. The zero-order chi connectivity index (χ0) is 87.6. The summed E-state index contributed by atoms with van der Waals surface area (Å²) in [4.78, 5) is 25.8. The average Bonchev–Trinajstić information content (AvgIpc) is 1.59. The zero-order valence-electron chi connectivity index (χ0n) is 69.3. The Bertz CT molecular complexity index is 5860. The predicted octanol–water partition coefficient (Wildman–Crippen LogP) is 16.9. The fourth-order valence-electron chi connectivity index (χ4n) is 14.6. The standard InChI is InChI=1S/C21H20N2O3.C19H18N4O3.C19H17N3O3S.2C17H17N3O3/c1-25-17-9-16(10-18(11-17)26-2)23-12-19(24)20(21(23)22)15-7-13-5-3-4-6-14(13)8-15;1-25-13-7-12(8-14(9-13)26-2)23-11-16(24)18(19(23)20)15-10-22-6-4-3-5-17(22)21-15;1-24-12-7-11(8-13(9-12)25-2)22-10-15(23)17(18(22)20)19-21-14-5-3-4-6-16(14)26-19;1-22-13-7-12(8-14(9-13)23-2)20-10-15(21)16(17(20)18)11-3-5-19-6-4-11;1-22-12-7-11(8-13(9-12)23-2)20-10-15(21)16(17(20)18)14-5-3-4-6-19-14/h3-7,9-11,22,24H,8,12H2,1-2H3;3-10,20,24H,11H2,1-2H3;3-9,20,23H,10H2,1-2H3;2*3-9,18,21H,10H2,1-2H3. The van der Waals surface area contributed by atoms with E-state index in [4.69, 9.17) is 74.4 Å². The number of thiazole rings is 1. The number of rotatable bonds is 20. The molecule has 0 amide bonds. The first kappa shape index (κ1) is 84.7. The van der Waals surface area contributed by atoms with Crippen molar-refractivity contribution in [3.05, 3.63) is 292 Å². The molecule has 30 nitrogen and oxygen atoms in total. The molecule has 18 rings (SSSR count). The number of para-hydroxylation sites is 1. The molecule has 10 N–H and O–H groups in total. The van der Waals surface area contributed by atoms with E-state index in [2.05, 4.69) is 38.1 Å². The van der Waals surface area contributed by atoms with Crippen LogP contribution in [0, 0.1) is 27.0 Å². The van der Waals surface area contributed by atoms with Gasteiger partial charge in [0.1, 0.15) is 126 Å². The summed E-state index contributed by atoms with van der Waals surface area (Å²) in [5.41, 5.74) is 12.9. The van der Waals surface area contributed by atoms with Crippen molar-refractivity contribution in [3.8, 4) is 57.5 Å². The van der Waals surface area contributed by atoms with Gasteiger partial charge < -0.3 is 102 Å². The number of nitrogens with one attached hydrogen (secondary N) is 5. The maximum absolute atomic E-state index is 10.6. The lowest BCUT2D eigenvalue weighted by Gasteiger charge is -2.20. The van der Waals surface area contributed by atoms with E-state index in [1.807, 2.05) is 102 Å². The number of pyridine rings is 3. The molecule has 124 heavy (non-hydrogen) atoms. The number of aliphatic hydroxyl groups excluding tert-OH is 5. The van der Waals surface area contributed by atoms with Gasteiger partial charge in [0.2, 0.25) is 0 Å². The van der Waals surface area contributed by atoms with Gasteiger partial charge in [0, 0.05) is 122 Å². The third kappa shape index (κ3) is 17.8. The van der Waals surface area contributed by atoms with Crippen molar-refractivity contribution in [1.82, 2.24) is 24.3 Å². The molecule has 12 aromatic rings. The van der Waals surface area contributed by atoms with Crippen LogP contribution in [0.25, 0.3) is 44.2 Å². The third-order valence-corrected chi connectivity index (χ3v) is 21.9. The van der Waals surface area contributed by atoms with Crippen molar-refractivity contribution < 1.29 is 72.9 Å². The van der Waals surface area contributed by atoms with Gasteiger partial charge in [-0.1, -0.05) is 54.6 Å². The van der Waals surface area contributed by atoms with Crippen molar-refractivity contribution in [2.75, 3.05) is 128 Å². The maximum Gasteiger partial charge on any atom is 0.139 e. The Hall–Kier alpha value is -15.8. The van der Waals surface area contributed by atoms with Crippen molar-refractivity contribution in [2.24, 2.45) is 0 Å². The fraction of sp³-hybridized carbons (Fsp3) is 0.172. The van der Waals surface area contributed by atoms with Crippen LogP contribution in [0.4, 0.5) is 28.4 Å². The van der Waals surface area contributed by atoms with Crippen LogP contribution in [-0.4, -0.2) is 183 Å². The smallest absolute Gasteiger partial charge is 0.139 e. The summed E-state index contributed by atoms with van der Waals surface area (Å²) in [7, 11) is 15.8. The molecule has 632 valence electrons. The van der Waals surface area contributed by atoms with Crippen molar-refractivity contribution in [3.63, 3.8) is 0 Å². The monoisotopic (exact) mass is 1690 g/mol. The molecule has 0 spiro atoms. The number of amidine groups is 5. The van der Waals surface area contributed by atoms with Gasteiger partial charge in [0.15, 0.2) is 0 Å². The minimum atomic E-state index is 0.111. The van der Waals surface area contributed by atoms with Gasteiger partial charge in [-0.15, -0.1) is 11.3 Å². The van der Waals surface area contributed by atoms with Gasteiger partial charge in [-0.3, -0.25) is 37.0 Å². The zero-order valence-corrected chi connectivity index (χ0v) is 70.1. The average molecular weight is 1690 g/mol. The number of benzene rings is 7. The Morgan fingerprint density at radius 1 is 0.347 bits per heavy atom. The highest BCUT2D eigenvalue weighted by atomic mass is 32.1. The van der Waals surface area contributed by atoms with Gasteiger partial charge in [-0.05, 0) is 77.2 Å². The number of imidazole rings is 1. The Labute approximate surface area is 717 Å². The highest BCUT2D eigenvalue weighted by Crippen LogP contribution is 2.43. The largest absolute Gasteiger partial charge is 0.510 e. The number of hydrogen-bond acceptors (Lipinski definition) is 25. The van der Waals surface area contributed by atoms with E-state index in [0.29, 0.717) is 119 Å². The normalized spacial score (nSPS) is 14.7. The van der Waals surface area contributed by atoms with E-state index in [0.717, 1.165) is 50.4 Å². The molecule has 7 aromatic carbocycles. The molecular formula is C93H89N15O15S. The molecule has 5 aliphatic heterocycles. The molecule has 0 atom stereocenters. The second kappa shape index (κ2) is 37.2. The quantitative estimate of drug-likeness (QED) is 0.0339. The number of methoxy groups -OCH3 is 10. The highest BCUT2D eigenvalue weighted by molar-refractivity contribution is 7.19. The minimum absolute atomic E-state index is 0.111. The predicted molar refractivity (Wildman–Crippen MR) is 482 cm³/mol. The highest BCUT2D eigenvalue weighted by Gasteiger charge is 2.37. The lowest BCUT2D eigenvalue weighted by molar-refractivity contribution is 0.393. The lowest BCUT2D eigenvalue weighted by atomic mass is 10.0. The van der Waals surface area contributed by atoms with Crippen molar-refractivity contribution in [2.45, 2.75) is 6.42 Å². The SMILES string of the molecule is COc1cc(OC)cc(N2CC(O)=C(C3=Cc4ccccc4C3)C2=N)c1.COc1cc(OC)cc(N2CC(O)=C(c3ccccn3)C2=N)c1.COc1cc(OC)cc(N2CC(O)=C(c3ccncc3)C2=N)c1.COc1cc(OC)cc(N2CC(O)=C(c3cn4ccccc4n3)C2=N)c1.COc1cc(OC)cc(N2CC(O)=C(c3nc4ccccc4s3)C2=N)c1. The number of fused-ring (bicyclic) bond motifs is 3. The molecule has 0 bridgehead atoms. The number of anilines is 5. The summed E-state index contributed by atoms with van der Waals surface area (Å²) < 4.78 is 55.8. The molecule has 0 fully saturated rings.